The topological polar surface area (TPSA) is 109 Å². The predicted molar refractivity (Wildman–Crippen MR) is 153 cm³/mol. The van der Waals surface area contributed by atoms with Crippen LogP contribution in [0.1, 0.15) is 31.4 Å². The van der Waals surface area contributed by atoms with E-state index in [-0.39, 0.29) is 11.9 Å². The molecule has 9 heteroatoms. The lowest BCUT2D eigenvalue weighted by Gasteiger charge is -2.31. The lowest BCUT2D eigenvalue weighted by atomic mass is 10.0. The largest absolute Gasteiger partial charge is 0.497 e. The van der Waals surface area contributed by atoms with Crippen molar-refractivity contribution in [3.8, 4) is 33.9 Å². The van der Waals surface area contributed by atoms with Gasteiger partial charge in [-0.3, -0.25) is 9.48 Å². The van der Waals surface area contributed by atoms with Gasteiger partial charge in [0.15, 0.2) is 11.4 Å². The Morgan fingerprint density at radius 2 is 1.85 bits per heavy atom. The van der Waals surface area contributed by atoms with Crippen molar-refractivity contribution in [3.05, 3.63) is 78.8 Å². The Labute approximate surface area is 232 Å². The van der Waals surface area contributed by atoms with Gasteiger partial charge in [0.1, 0.15) is 23.9 Å². The van der Waals surface area contributed by atoms with E-state index in [1.54, 1.807) is 20.2 Å². The van der Waals surface area contributed by atoms with E-state index < -0.39 is 0 Å². The smallest absolute Gasteiger partial charge is 0.219 e. The van der Waals surface area contributed by atoms with Crippen LogP contribution in [0.3, 0.4) is 0 Å². The van der Waals surface area contributed by atoms with Gasteiger partial charge < -0.3 is 24.5 Å². The molecule has 3 aromatic heterocycles. The van der Waals surface area contributed by atoms with Crippen molar-refractivity contribution in [3.63, 3.8) is 0 Å². The van der Waals surface area contributed by atoms with Crippen molar-refractivity contribution in [1.82, 2.24) is 19.7 Å². The lowest BCUT2D eigenvalue weighted by Crippen LogP contribution is -2.37. The second kappa shape index (κ2) is 10.8. The van der Waals surface area contributed by atoms with Gasteiger partial charge >= 0.3 is 0 Å². The highest BCUT2D eigenvalue weighted by atomic mass is 16.5. The zero-order valence-corrected chi connectivity index (χ0v) is 22.5. The summed E-state index contributed by atoms with van der Waals surface area (Å²) < 4.78 is 19.5. The van der Waals surface area contributed by atoms with Crippen LogP contribution in [0, 0.1) is 0 Å². The van der Waals surface area contributed by atoms with Crippen LogP contribution in [0.4, 0.5) is 5.82 Å². The van der Waals surface area contributed by atoms with Crippen LogP contribution in [0.25, 0.3) is 33.4 Å². The van der Waals surface area contributed by atoms with Crippen LogP contribution >= 0.6 is 0 Å². The van der Waals surface area contributed by atoms with Gasteiger partial charge in [-0.2, -0.15) is 5.10 Å². The van der Waals surface area contributed by atoms with Crippen LogP contribution in [-0.2, 0) is 11.4 Å². The molecule has 4 heterocycles. The Hall–Kier alpha value is -4.79. The molecule has 2 aromatic carbocycles. The molecule has 9 nitrogen and oxygen atoms in total. The number of carbonyl (C=O) groups is 1. The first-order valence-electron chi connectivity index (χ1n) is 13.3. The van der Waals surface area contributed by atoms with E-state index in [1.807, 2.05) is 76.6 Å². The number of likely N-dealkylation sites (tertiary alicyclic amines) is 1. The summed E-state index contributed by atoms with van der Waals surface area (Å²) in [4.78, 5) is 18.0. The number of amides is 1. The minimum Gasteiger partial charge on any atom is -0.497 e. The highest BCUT2D eigenvalue weighted by Gasteiger charge is 2.23. The van der Waals surface area contributed by atoms with Gasteiger partial charge in [0.05, 0.1) is 19.3 Å². The number of nitrogen functional groups attached to an aromatic ring is 1. The van der Waals surface area contributed by atoms with Gasteiger partial charge in [0.2, 0.25) is 5.91 Å². The minimum atomic E-state index is 0.125. The summed E-state index contributed by atoms with van der Waals surface area (Å²) in [5.41, 5.74) is 10.5. The maximum absolute atomic E-state index is 11.7. The first-order chi connectivity index (χ1) is 19.5. The zero-order valence-electron chi connectivity index (χ0n) is 22.5. The highest BCUT2D eigenvalue weighted by molar-refractivity contribution is 6.00. The van der Waals surface area contributed by atoms with E-state index >= 15 is 0 Å². The summed E-state index contributed by atoms with van der Waals surface area (Å²) in [5.74, 6) is 2.68. The quantitative estimate of drug-likeness (QED) is 0.283. The number of anilines is 1. The third-order valence-corrected chi connectivity index (χ3v) is 7.47. The molecule has 1 saturated heterocycles. The summed E-state index contributed by atoms with van der Waals surface area (Å²) in [6.07, 6.45) is 7.42. The number of carbonyl (C=O) groups excluding carboxylic acids is 1. The first-order valence-corrected chi connectivity index (χ1v) is 13.3. The van der Waals surface area contributed by atoms with E-state index in [0.717, 1.165) is 65.1 Å². The Balaban J connectivity index is 1.23. The molecule has 1 aliphatic heterocycles. The number of hydrogen-bond donors (Lipinski definition) is 1. The molecule has 0 bridgehead atoms. The number of ether oxygens (including phenoxy) is 2. The average molecular weight is 538 g/mol. The van der Waals surface area contributed by atoms with Gasteiger partial charge in [0.25, 0.3) is 0 Å². The van der Waals surface area contributed by atoms with Gasteiger partial charge in [-0.25, -0.2) is 4.98 Å². The number of nitrogens with zero attached hydrogens (tertiary/aromatic N) is 4. The van der Waals surface area contributed by atoms with Crippen LogP contribution < -0.4 is 15.2 Å². The molecule has 1 amide bonds. The number of rotatable bonds is 7. The number of hydrogen-bond acceptors (Lipinski definition) is 7. The zero-order chi connectivity index (χ0) is 27.6. The number of benzene rings is 2. The Morgan fingerprint density at radius 1 is 1.05 bits per heavy atom. The van der Waals surface area contributed by atoms with Crippen molar-refractivity contribution in [2.24, 2.45) is 0 Å². The SMILES string of the molecule is COc1ccc(COc2cccc(-c3cc4c(-c5cnn(C6CCN(C(C)=O)CC6)c5)cnc(N)c4o3)c2)cc1. The summed E-state index contributed by atoms with van der Waals surface area (Å²) in [6.45, 7) is 3.55. The molecule has 0 saturated carbocycles. The molecule has 204 valence electrons. The molecule has 0 unspecified atom stereocenters. The fraction of sp³-hybridized carbons (Fsp3) is 0.258. The van der Waals surface area contributed by atoms with Crippen LogP contribution in [0.2, 0.25) is 0 Å². The molecular formula is C31H31N5O4. The van der Waals surface area contributed by atoms with Crippen molar-refractivity contribution in [2.75, 3.05) is 25.9 Å². The Morgan fingerprint density at radius 3 is 2.60 bits per heavy atom. The number of nitrogens with two attached hydrogens (primary N) is 1. The molecule has 2 N–H and O–H groups in total. The predicted octanol–water partition coefficient (Wildman–Crippen LogP) is 5.71. The third-order valence-electron chi connectivity index (χ3n) is 7.47. The molecule has 1 fully saturated rings. The van der Waals surface area contributed by atoms with Crippen molar-refractivity contribution < 1.29 is 18.7 Å². The Bertz CT molecular complexity index is 1650. The summed E-state index contributed by atoms with van der Waals surface area (Å²) in [7, 11) is 1.65. The third kappa shape index (κ3) is 5.10. The fourth-order valence-electron chi connectivity index (χ4n) is 5.17. The molecule has 40 heavy (non-hydrogen) atoms. The lowest BCUT2D eigenvalue weighted by molar-refractivity contribution is -0.130. The number of furan rings is 1. The van der Waals surface area contributed by atoms with Crippen molar-refractivity contribution >= 4 is 22.7 Å². The second-order valence-electron chi connectivity index (χ2n) is 10.0. The standard InChI is InChI=1S/C31H31N5O4/c1-20(37)35-12-10-24(11-13-35)36-18-23(16-34-36)28-17-33-31(32)30-27(28)15-29(40-30)22-4-3-5-26(14-22)39-19-21-6-8-25(38-2)9-7-21/h3-9,14-18,24H,10-13,19H2,1-2H3,(H2,32,33). The molecule has 5 aromatic rings. The normalized spacial score (nSPS) is 14.0. The molecule has 0 spiro atoms. The first kappa shape index (κ1) is 25.5. The molecule has 6 rings (SSSR count). The monoisotopic (exact) mass is 537 g/mol. The number of pyridine rings is 1. The molecule has 1 aliphatic rings. The van der Waals surface area contributed by atoms with Crippen LogP contribution in [-0.4, -0.2) is 45.8 Å². The maximum Gasteiger partial charge on any atom is 0.219 e. The molecule has 0 atom stereocenters. The van der Waals surface area contributed by atoms with E-state index in [0.29, 0.717) is 23.8 Å². The Kier molecular flexibility index (Phi) is 6.86. The second-order valence-corrected chi connectivity index (χ2v) is 10.0. The van der Waals surface area contributed by atoms with Crippen molar-refractivity contribution in [2.45, 2.75) is 32.4 Å². The van der Waals surface area contributed by atoms with E-state index in [1.165, 1.54) is 0 Å². The molecular weight excluding hydrogens is 506 g/mol. The highest BCUT2D eigenvalue weighted by Crippen LogP contribution is 2.37. The summed E-state index contributed by atoms with van der Waals surface area (Å²) in [6, 6.07) is 17.8. The van der Waals surface area contributed by atoms with Gasteiger partial charge in [-0.15, -0.1) is 0 Å². The number of piperidine rings is 1. The van der Waals surface area contributed by atoms with E-state index in [4.69, 9.17) is 19.6 Å². The average Bonchev–Trinajstić information content (AvgIpc) is 3.66. The van der Waals surface area contributed by atoms with Crippen LogP contribution in [0.5, 0.6) is 11.5 Å². The number of methoxy groups -OCH3 is 1. The maximum atomic E-state index is 11.7. The van der Waals surface area contributed by atoms with Crippen LogP contribution in [0.15, 0.2) is 77.6 Å². The van der Waals surface area contributed by atoms with Crippen molar-refractivity contribution in [1.29, 1.82) is 0 Å². The van der Waals surface area contributed by atoms with Gasteiger partial charge in [0, 0.05) is 54.5 Å². The van der Waals surface area contributed by atoms with E-state index in [2.05, 4.69) is 10.1 Å². The number of fused-ring (bicyclic) bond motifs is 1. The van der Waals surface area contributed by atoms with E-state index in [9.17, 15) is 4.79 Å². The molecule has 0 aliphatic carbocycles. The van der Waals surface area contributed by atoms with Gasteiger partial charge in [-0.05, 0) is 48.7 Å². The fourth-order valence-corrected chi connectivity index (χ4v) is 5.17. The molecule has 0 radical (unpaired) electrons. The van der Waals surface area contributed by atoms with Gasteiger partial charge in [-0.1, -0.05) is 24.3 Å². The summed E-state index contributed by atoms with van der Waals surface area (Å²) >= 11 is 0. The number of aromatic nitrogens is 3. The summed E-state index contributed by atoms with van der Waals surface area (Å²) in [5, 5.41) is 5.52. The minimum absolute atomic E-state index is 0.125.